The monoisotopic (exact) mass is 218 g/mol. The van der Waals surface area contributed by atoms with Crippen LogP contribution < -0.4 is 5.56 Å². The summed E-state index contributed by atoms with van der Waals surface area (Å²) in [5.74, 6) is 0.561. The number of hydrogen-bond donors (Lipinski definition) is 0. The van der Waals surface area contributed by atoms with Crippen LogP contribution in [0, 0.1) is 0 Å². The van der Waals surface area contributed by atoms with Gasteiger partial charge in [0.15, 0.2) is 0 Å². The van der Waals surface area contributed by atoms with E-state index in [1.54, 1.807) is 12.4 Å². The molecule has 86 valence electrons. The highest BCUT2D eigenvalue weighted by molar-refractivity contribution is 5.10. The first-order valence-electron chi connectivity index (χ1n) is 6.42. The molecular formula is C13H18N2O. The van der Waals surface area contributed by atoms with Crippen LogP contribution >= 0.6 is 0 Å². The standard InChI is InChI=1S/C13H18N2O/c16-13-8-12(10-4-3-5-10)14-9-15(13)11-6-1-2-7-11/h8-11H,1-7H2. The normalized spacial score (nSPS) is 22.2. The molecule has 0 aliphatic heterocycles. The van der Waals surface area contributed by atoms with Gasteiger partial charge in [0.25, 0.3) is 5.56 Å². The van der Waals surface area contributed by atoms with Crippen molar-refractivity contribution in [3.05, 3.63) is 28.4 Å². The van der Waals surface area contributed by atoms with Gasteiger partial charge in [0.05, 0.1) is 12.0 Å². The molecule has 0 unspecified atom stereocenters. The predicted octanol–water partition coefficient (Wildman–Crippen LogP) is 2.63. The lowest BCUT2D eigenvalue weighted by molar-refractivity contribution is 0.405. The highest BCUT2D eigenvalue weighted by Crippen LogP contribution is 2.34. The van der Waals surface area contributed by atoms with E-state index in [1.807, 2.05) is 4.57 Å². The quantitative estimate of drug-likeness (QED) is 0.764. The van der Waals surface area contributed by atoms with Gasteiger partial charge in [-0.1, -0.05) is 19.3 Å². The molecule has 0 bridgehead atoms. The van der Waals surface area contributed by atoms with E-state index in [1.165, 1.54) is 32.1 Å². The van der Waals surface area contributed by atoms with E-state index in [9.17, 15) is 4.79 Å². The third-order valence-corrected chi connectivity index (χ3v) is 4.10. The lowest BCUT2D eigenvalue weighted by atomic mass is 9.83. The molecule has 0 radical (unpaired) electrons. The van der Waals surface area contributed by atoms with Crippen molar-refractivity contribution in [1.82, 2.24) is 9.55 Å². The Morgan fingerprint density at radius 1 is 1.12 bits per heavy atom. The molecule has 2 aliphatic rings. The Morgan fingerprint density at radius 3 is 2.44 bits per heavy atom. The summed E-state index contributed by atoms with van der Waals surface area (Å²) in [4.78, 5) is 16.5. The first-order chi connectivity index (χ1) is 7.84. The molecule has 3 nitrogen and oxygen atoms in total. The van der Waals surface area contributed by atoms with Gasteiger partial charge in [0.2, 0.25) is 0 Å². The molecule has 3 heteroatoms. The average molecular weight is 218 g/mol. The zero-order chi connectivity index (χ0) is 11.0. The van der Waals surface area contributed by atoms with Gasteiger partial charge in [-0.3, -0.25) is 9.36 Å². The molecule has 1 aromatic heterocycles. The molecule has 0 spiro atoms. The summed E-state index contributed by atoms with van der Waals surface area (Å²) in [5, 5.41) is 0. The molecule has 2 saturated carbocycles. The van der Waals surface area contributed by atoms with Gasteiger partial charge < -0.3 is 0 Å². The summed E-state index contributed by atoms with van der Waals surface area (Å²) in [6.45, 7) is 0. The third-order valence-electron chi connectivity index (χ3n) is 4.10. The van der Waals surface area contributed by atoms with Gasteiger partial charge in [-0.05, 0) is 25.7 Å². The molecule has 0 atom stereocenters. The summed E-state index contributed by atoms with van der Waals surface area (Å²) in [6, 6.07) is 2.18. The highest BCUT2D eigenvalue weighted by Gasteiger charge is 2.23. The van der Waals surface area contributed by atoms with Crippen molar-refractivity contribution in [3.8, 4) is 0 Å². The Balaban J connectivity index is 1.87. The summed E-state index contributed by atoms with van der Waals surface area (Å²) in [6.07, 6.45) is 10.3. The van der Waals surface area contributed by atoms with Crippen molar-refractivity contribution < 1.29 is 0 Å². The van der Waals surface area contributed by atoms with E-state index in [2.05, 4.69) is 4.98 Å². The van der Waals surface area contributed by atoms with Gasteiger partial charge in [0, 0.05) is 18.0 Å². The average Bonchev–Trinajstić information content (AvgIpc) is 2.68. The van der Waals surface area contributed by atoms with E-state index in [0.717, 1.165) is 18.5 Å². The zero-order valence-electron chi connectivity index (χ0n) is 9.56. The van der Waals surface area contributed by atoms with E-state index < -0.39 is 0 Å². The van der Waals surface area contributed by atoms with Crippen molar-refractivity contribution >= 4 is 0 Å². The van der Waals surface area contributed by atoms with Gasteiger partial charge in [-0.2, -0.15) is 0 Å². The molecule has 0 saturated heterocycles. The first-order valence-corrected chi connectivity index (χ1v) is 6.42. The fourth-order valence-corrected chi connectivity index (χ4v) is 2.81. The Labute approximate surface area is 95.5 Å². The van der Waals surface area contributed by atoms with Crippen molar-refractivity contribution in [1.29, 1.82) is 0 Å². The van der Waals surface area contributed by atoms with Gasteiger partial charge in [-0.15, -0.1) is 0 Å². The Hall–Kier alpha value is -1.12. The minimum absolute atomic E-state index is 0.156. The third kappa shape index (κ3) is 1.68. The Bertz CT molecular complexity index is 428. The molecular weight excluding hydrogens is 200 g/mol. The fraction of sp³-hybridized carbons (Fsp3) is 0.692. The second-order valence-electron chi connectivity index (χ2n) is 5.13. The van der Waals surface area contributed by atoms with Crippen LogP contribution in [-0.4, -0.2) is 9.55 Å². The fourth-order valence-electron chi connectivity index (χ4n) is 2.81. The van der Waals surface area contributed by atoms with Crippen molar-refractivity contribution in [2.45, 2.75) is 56.9 Å². The molecule has 2 fully saturated rings. The van der Waals surface area contributed by atoms with Crippen molar-refractivity contribution in [2.24, 2.45) is 0 Å². The van der Waals surface area contributed by atoms with Crippen LogP contribution in [0.1, 0.15) is 62.6 Å². The summed E-state index contributed by atoms with van der Waals surface area (Å²) < 4.78 is 1.84. The van der Waals surface area contributed by atoms with Crippen LogP contribution in [0.3, 0.4) is 0 Å². The Kier molecular flexibility index (Phi) is 2.54. The molecule has 3 rings (SSSR count). The zero-order valence-corrected chi connectivity index (χ0v) is 9.56. The van der Waals surface area contributed by atoms with Crippen LogP contribution in [0.4, 0.5) is 0 Å². The highest BCUT2D eigenvalue weighted by atomic mass is 16.1. The lowest BCUT2D eigenvalue weighted by Crippen LogP contribution is -2.25. The van der Waals surface area contributed by atoms with Crippen LogP contribution in [0.15, 0.2) is 17.2 Å². The number of aromatic nitrogens is 2. The van der Waals surface area contributed by atoms with E-state index in [-0.39, 0.29) is 5.56 Å². The van der Waals surface area contributed by atoms with Crippen molar-refractivity contribution in [2.75, 3.05) is 0 Å². The maximum Gasteiger partial charge on any atom is 0.253 e. The molecule has 0 N–H and O–H groups in total. The molecule has 1 heterocycles. The largest absolute Gasteiger partial charge is 0.296 e. The number of rotatable bonds is 2. The topological polar surface area (TPSA) is 34.9 Å². The first kappa shape index (κ1) is 10.1. The minimum atomic E-state index is 0.156. The number of hydrogen-bond acceptors (Lipinski definition) is 2. The number of nitrogens with zero attached hydrogens (tertiary/aromatic N) is 2. The maximum absolute atomic E-state index is 12.0. The maximum atomic E-state index is 12.0. The van der Waals surface area contributed by atoms with Crippen LogP contribution in [0.2, 0.25) is 0 Å². The molecule has 0 amide bonds. The molecule has 2 aliphatic carbocycles. The Morgan fingerprint density at radius 2 is 1.88 bits per heavy atom. The second-order valence-corrected chi connectivity index (χ2v) is 5.13. The lowest BCUT2D eigenvalue weighted by Gasteiger charge is -2.25. The van der Waals surface area contributed by atoms with Gasteiger partial charge >= 0.3 is 0 Å². The SMILES string of the molecule is O=c1cc(C2CCC2)ncn1C1CCCC1. The van der Waals surface area contributed by atoms with Crippen LogP contribution in [0.25, 0.3) is 0 Å². The predicted molar refractivity (Wildman–Crippen MR) is 62.6 cm³/mol. The van der Waals surface area contributed by atoms with Crippen molar-refractivity contribution in [3.63, 3.8) is 0 Å². The van der Waals surface area contributed by atoms with E-state index in [0.29, 0.717) is 12.0 Å². The summed E-state index contributed by atoms with van der Waals surface area (Å²) in [7, 11) is 0. The van der Waals surface area contributed by atoms with Crippen LogP contribution in [-0.2, 0) is 0 Å². The molecule has 16 heavy (non-hydrogen) atoms. The smallest absolute Gasteiger partial charge is 0.253 e. The second kappa shape index (κ2) is 4.04. The van der Waals surface area contributed by atoms with E-state index >= 15 is 0 Å². The molecule has 1 aromatic rings. The van der Waals surface area contributed by atoms with Gasteiger partial charge in [-0.25, -0.2) is 4.98 Å². The van der Waals surface area contributed by atoms with Gasteiger partial charge in [0.1, 0.15) is 0 Å². The summed E-state index contributed by atoms with van der Waals surface area (Å²) >= 11 is 0. The van der Waals surface area contributed by atoms with Crippen LogP contribution in [0.5, 0.6) is 0 Å². The molecule has 0 aromatic carbocycles. The minimum Gasteiger partial charge on any atom is -0.296 e. The summed E-state index contributed by atoms with van der Waals surface area (Å²) in [5.41, 5.74) is 1.18. The van der Waals surface area contributed by atoms with E-state index in [4.69, 9.17) is 0 Å².